The number of nitrogens with zero attached hydrogens (tertiary/aromatic N) is 3. The van der Waals surface area contributed by atoms with Crippen LogP contribution in [0.15, 0.2) is 12.5 Å². The van der Waals surface area contributed by atoms with Crippen molar-refractivity contribution in [1.82, 2.24) is 9.55 Å². The van der Waals surface area contributed by atoms with Crippen LogP contribution in [0.3, 0.4) is 0 Å². The van der Waals surface area contributed by atoms with Crippen LogP contribution in [0.5, 0.6) is 0 Å². The number of aliphatic hydroxyl groups excluding tert-OH is 1. The summed E-state index contributed by atoms with van der Waals surface area (Å²) in [5, 5.41) is 27.8. The van der Waals surface area contributed by atoms with Gasteiger partial charge >= 0.3 is 5.82 Å². The molecule has 0 saturated heterocycles. The summed E-state index contributed by atoms with van der Waals surface area (Å²) in [6.45, 7) is 1.55. The van der Waals surface area contributed by atoms with Crippen LogP contribution >= 0.6 is 11.6 Å². The number of nitro groups is 1. The number of alkyl halides is 1. The van der Waals surface area contributed by atoms with E-state index in [0.717, 1.165) is 12.5 Å². The maximum Gasteiger partial charge on any atom is 0.381 e. The summed E-state index contributed by atoms with van der Waals surface area (Å²) in [6.07, 6.45) is 0.538. The van der Waals surface area contributed by atoms with E-state index in [-0.39, 0.29) is 5.82 Å². The van der Waals surface area contributed by atoms with E-state index >= 15 is 0 Å². The smallest absolute Gasteiger partial charge is 0.366 e. The number of rotatable bonds is 4. The molecular formula is C7H10ClN3O4. The van der Waals surface area contributed by atoms with Crippen molar-refractivity contribution in [3.8, 4) is 0 Å². The molecule has 0 saturated carbocycles. The third-order valence-electron chi connectivity index (χ3n) is 1.90. The van der Waals surface area contributed by atoms with Crippen molar-refractivity contribution in [3.05, 3.63) is 22.6 Å². The molecule has 1 heterocycles. The van der Waals surface area contributed by atoms with Gasteiger partial charge in [-0.3, -0.25) is 0 Å². The monoisotopic (exact) mass is 235 g/mol. The summed E-state index contributed by atoms with van der Waals surface area (Å²) in [4.78, 5) is 13.2. The fourth-order valence-corrected chi connectivity index (χ4v) is 1.47. The Balaban J connectivity index is 2.97. The van der Waals surface area contributed by atoms with E-state index in [0.29, 0.717) is 0 Å². The first-order valence-corrected chi connectivity index (χ1v) is 4.55. The van der Waals surface area contributed by atoms with Crippen LogP contribution in [0.2, 0.25) is 0 Å². The van der Waals surface area contributed by atoms with Crippen LogP contribution in [0.1, 0.15) is 13.0 Å². The Labute approximate surface area is 90.1 Å². The van der Waals surface area contributed by atoms with Gasteiger partial charge in [-0.15, -0.1) is 11.6 Å². The summed E-state index contributed by atoms with van der Waals surface area (Å²) < 4.78 is 1.21. The Morgan fingerprint density at radius 3 is 2.60 bits per heavy atom. The van der Waals surface area contributed by atoms with Crippen LogP contribution in [-0.2, 0) is 0 Å². The quantitative estimate of drug-likeness (QED) is 0.338. The van der Waals surface area contributed by atoms with Gasteiger partial charge in [0.25, 0.3) is 0 Å². The lowest BCUT2D eigenvalue weighted by atomic mass is 10.2. The zero-order valence-corrected chi connectivity index (χ0v) is 8.57. The van der Waals surface area contributed by atoms with E-state index in [1.807, 2.05) is 0 Å². The van der Waals surface area contributed by atoms with Gasteiger partial charge in [-0.1, -0.05) is 0 Å². The van der Waals surface area contributed by atoms with Crippen molar-refractivity contribution in [2.24, 2.45) is 0 Å². The molecule has 84 valence electrons. The minimum absolute atomic E-state index is 0.363. The Hall–Kier alpha value is -1.18. The van der Waals surface area contributed by atoms with Gasteiger partial charge in [-0.2, -0.15) is 0 Å². The maximum atomic E-state index is 10.3. The van der Waals surface area contributed by atoms with Gasteiger partial charge in [0.05, 0.1) is 5.38 Å². The number of halogens is 1. The normalized spacial score (nSPS) is 15.3. The van der Waals surface area contributed by atoms with Crippen LogP contribution in [0.4, 0.5) is 5.82 Å². The fraction of sp³-hybridized carbons (Fsp3) is 0.571. The molecule has 0 unspecified atom stereocenters. The molecule has 0 aliphatic rings. The van der Waals surface area contributed by atoms with Gasteiger partial charge in [0.1, 0.15) is 12.2 Å². The highest BCUT2D eigenvalue weighted by molar-refractivity contribution is 6.20. The second kappa shape index (κ2) is 4.56. The summed E-state index contributed by atoms with van der Waals surface area (Å²) >= 11 is 5.72. The molecule has 8 heteroatoms. The number of imidazole rings is 1. The Morgan fingerprint density at radius 1 is 1.67 bits per heavy atom. The first-order valence-electron chi connectivity index (χ1n) is 4.11. The molecule has 2 N–H and O–H groups in total. The summed E-state index contributed by atoms with van der Waals surface area (Å²) in [5.41, 5.74) is 0. The highest BCUT2D eigenvalue weighted by Crippen LogP contribution is 2.21. The lowest BCUT2D eigenvalue weighted by Crippen LogP contribution is -2.29. The lowest BCUT2D eigenvalue weighted by Gasteiger charge is -2.21. The standard InChI is InChI=1S/C7H10ClN3O4/c1-4(8)6(7(12)13)10-2-5(9-3-10)11(14)15/h2-4,6-7,12-13H,1H3/t4-,6+/m1/s1. The molecule has 0 amide bonds. The molecule has 15 heavy (non-hydrogen) atoms. The largest absolute Gasteiger partial charge is 0.381 e. The molecule has 0 aromatic carbocycles. The number of aromatic nitrogens is 2. The van der Waals surface area contributed by atoms with Crippen molar-refractivity contribution in [3.63, 3.8) is 0 Å². The summed E-state index contributed by atoms with van der Waals surface area (Å²) in [5.74, 6) is -0.363. The molecule has 0 fully saturated rings. The SMILES string of the molecule is C[C@@H](Cl)[C@@H](C(O)O)n1cnc([N+](=O)[O-])c1. The Kier molecular flexibility index (Phi) is 3.61. The van der Waals surface area contributed by atoms with Gasteiger partial charge in [0, 0.05) is 0 Å². The predicted molar refractivity (Wildman–Crippen MR) is 51.5 cm³/mol. The summed E-state index contributed by atoms with van der Waals surface area (Å²) in [6, 6.07) is -0.868. The van der Waals surface area contributed by atoms with Crippen LogP contribution in [-0.4, -0.2) is 36.4 Å². The number of hydrogen-bond donors (Lipinski definition) is 2. The van der Waals surface area contributed by atoms with Crippen LogP contribution < -0.4 is 0 Å². The van der Waals surface area contributed by atoms with Gasteiger partial charge in [-0.05, 0) is 16.8 Å². The van der Waals surface area contributed by atoms with Crippen LogP contribution in [0, 0.1) is 10.1 Å². The zero-order valence-electron chi connectivity index (χ0n) is 7.82. The molecule has 2 atom stereocenters. The highest BCUT2D eigenvalue weighted by atomic mass is 35.5. The molecule has 0 radical (unpaired) electrons. The maximum absolute atomic E-state index is 10.3. The lowest BCUT2D eigenvalue weighted by molar-refractivity contribution is -0.389. The molecule has 0 spiro atoms. The minimum atomic E-state index is -1.70. The first-order chi connectivity index (χ1) is 6.93. The van der Waals surface area contributed by atoms with Crippen LogP contribution in [0.25, 0.3) is 0 Å². The van der Waals surface area contributed by atoms with Crippen molar-refractivity contribution in [1.29, 1.82) is 0 Å². The van der Waals surface area contributed by atoms with E-state index < -0.39 is 22.6 Å². The average Bonchev–Trinajstić information content (AvgIpc) is 2.51. The highest BCUT2D eigenvalue weighted by Gasteiger charge is 2.26. The third-order valence-corrected chi connectivity index (χ3v) is 2.15. The molecule has 1 aromatic rings. The van der Waals surface area contributed by atoms with E-state index in [1.54, 1.807) is 6.92 Å². The Morgan fingerprint density at radius 2 is 2.27 bits per heavy atom. The first kappa shape index (κ1) is 11.9. The van der Waals surface area contributed by atoms with Gasteiger partial charge in [0.2, 0.25) is 6.33 Å². The van der Waals surface area contributed by atoms with Gasteiger partial charge in [-0.25, -0.2) is 0 Å². The second-order valence-corrected chi connectivity index (χ2v) is 3.71. The topological polar surface area (TPSA) is 101 Å². The van der Waals surface area contributed by atoms with E-state index in [1.165, 1.54) is 4.57 Å². The third kappa shape index (κ3) is 2.65. The van der Waals surface area contributed by atoms with Crippen molar-refractivity contribution in [2.75, 3.05) is 0 Å². The molecular weight excluding hydrogens is 226 g/mol. The molecule has 0 aliphatic heterocycles. The Bertz CT molecular complexity index is 344. The fourth-order valence-electron chi connectivity index (χ4n) is 1.21. The van der Waals surface area contributed by atoms with E-state index in [9.17, 15) is 10.1 Å². The second-order valence-electron chi connectivity index (χ2n) is 3.02. The van der Waals surface area contributed by atoms with Crippen molar-refractivity contribution in [2.45, 2.75) is 24.6 Å². The summed E-state index contributed by atoms with van der Waals surface area (Å²) in [7, 11) is 0. The number of hydrogen-bond acceptors (Lipinski definition) is 5. The molecule has 1 rings (SSSR count). The molecule has 7 nitrogen and oxygen atoms in total. The molecule has 0 aliphatic carbocycles. The van der Waals surface area contributed by atoms with Gasteiger partial charge in [0.15, 0.2) is 6.29 Å². The van der Waals surface area contributed by atoms with E-state index in [2.05, 4.69) is 4.98 Å². The minimum Gasteiger partial charge on any atom is -0.366 e. The molecule has 0 bridgehead atoms. The average molecular weight is 236 g/mol. The van der Waals surface area contributed by atoms with Gasteiger partial charge < -0.3 is 24.9 Å². The van der Waals surface area contributed by atoms with Crippen molar-refractivity contribution >= 4 is 17.4 Å². The molecule has 1 aromatic heterocycles. The zero-order chi connectivity index (χ0) is 11.6. The van der Waals surface area contributed by atoms with Crippen molar-refractivity contribution < 1.29 is 15.1 Å². The van der Waals surface area contributed by atoms with E-state index in [4.69, 9.17) is 21.8 Å². The predicted octanol–water partition coefficient (Wildman–Crippen LogP) is 0.270. The number of aliphatic hydroxyl groups is 2.